The van der Waals surface area contributed by atoms with Gasteiger partial charge in [-0.25, -0.2) is 9.36 Å². The van der Waals surface area contributed by atoms with Gasteiger partial charge in [0, 0.05) is 24.5 Å². The zero-order chi connectivity index (χ0) is 12.1. The van der Waals surface area contributed by atoms with Gasteiger partial charge in [-0.2, -0.15) is 0 Å². The Balaban J connectivity index is 2.05. The van der Waals surface area contributed by atoms with Crippen LogP contribution in [0.15, 0.2) is 6.20 Å². The van der Waals surface area contributed by atoms with Crippen molar-refractivity contribution in [3.63, 3.8) is 0 Å². The molecule has 92 valence electrons. The lowest BCUT2D eigenvalue weighted by molar-refractivity contribution is 0.526. The van der Waals surface area contributed by atoms with Crippen molar-refractivity contribution in [2.24, 2.45) is 0 Å². The maximum absolute atomic E-state index is 4.07. The highest BCUT2D eigenvalue weighted by molar-refractivity contribution is 9.09. The molecule has 0 N–H and O–H groups in total. The Morgan fingerprint density at radius 2 is 2.18 bits per heavy atom. The molecule has 2 heterocycles. The van der Waals surface area contributed by atoms with Gasteiger partial charge in [-0.15, -0.1) is 10.2 Å². The van der Waals surface area contributed by atoms with Gasteiger partial charge in [0.25, 0.3) is 0 Å². The number of nitrogens with zero attached hydrogens (tertiary/aromatic N) is 7. The lowest BCUT2D eigenvalue weighted by atomic mass is 10.4. The number of tetrazole rings is 1. The summed E-state index contributed by atoms with van der Waals surface area (Å²) < 4.78 is 3.56. The summed E-state index contributed by atoms with van der Waals surface area (Å²) in [6.07, 6.45) is 3.80. The average molecular weight is 300 g/mol. The van der Waals surface area contributed by atoms with Gasteiger partial charge in [-0.3, -0.25) is 0 Å². The first-order chi connectivity index (χ1) is 8.33. The molecule has 0 saturated carbocycles. The van der Waals surface area contributed by atoms with E-state index in [-0.39, 0.29) is 0 Å². The Morgan fingerprint density at radius 1 is 1.29 bits per heavy atom. The van der Waals surface area contributed by atoms with Gasteiger partial charge >= 0.3 is 0 Å². The summed E-state index contributed by atoms with van der Waals surface area (Å²) in [6, 6.07) is 0. The van der Waals surface area contributed by atoms with Gasteiger partial charge in [-0.1, -0.05) is 28.1 Å². The first kappa shape index (κ1) is 12.2. The van der Waals surface area contributed by atoms with E-state index >= 15 is 0 Å². The number of alkyl halides is 1. The molecule has 0 fully saturated rings. The molecule has 0 amide bonds. The van der Waals surface area contributed by atoms with Crippen molar-refractivity contribution in [1.29, 1.82) is 0 Å². The number of halogens is 1. The molecule has 8 heteroatoms. The van der Waals surface area contributed by atoms with E-state index in [4.69, 9.17) is 0 Å². The molecular weight excluding hydrogens is 286 g/mol. The minimum Gasteiger partial charge on any atom is -0.245 e. The zero-order valence-corrected chi connectivity index (χ0v) is 11.2. The normalized spacial score (nSPS) is 10.9. The van der Waals surface area contributed by atoms with Crippen LogP contribution in [0.5, 0.6) is 0 Å². The predicted octanol–water partition coefficient (Wildman–Crippen LogP) is 0.660. The van der Waals surface area contributed by atoms with Gasteiger partial charge in [0.2, 0.25) is 0 Å². The van der Waals surface area contributed by atoms with E-state index in [1.165, 1.54) is 0 Å². The highest BCUT2D eigenvalue weighted by Crippen LogP contribution is 2.01. The van der Waals surface area contributed by atoms with Crippen LogP contribution in [0.3, 0.4) is 0 Å². The second-order valence-corrected chi connectivity index (χ2v) is 4.46. The summed E-state index contributed by atoms with van der Waals surface area (Å²) in [5, 5.41) is 20.6. The standard InChI is InChI=1S/C9H14BrN7/c1-2-5-17-9(12-13-15-17)7-16-6-8(3-4-10)11-14-16/h6H,2-5,7H2,1H3. The van der Waals surface area contributed by atoms with E-state index < -0.39 is 0 Å². The van der Waals surface area contributed by atoms with Gasteiger partial charge in [0.05, 0.1) is 5.69 Å². The Hall–Kier alpha value is -1.31. The van der Waals surface area contributed by atoms with Crippen molar-refractivity contribution < 1.29 is 0 Å². The SMILES string of the molecule is CCCn1nnnc1Cn1cc(CCBr)nn1. The highest BCUT2D eigenvalue weighted by Gasteiger charge is 2.07. The number of aromatic nitrogens is 7. The molecule has 0 aliphatic carbocycles. The van der Waals surface area contributed by atoms with Crippen LogP contribution in [-0.4, -0.2) is 40.5 Å². The molecule has 0 saturated heterocycles. The summed E-state index contributed by atoms with van der Waals surface area (Å²) >= 11 is 3.37. The Kier molecular flexibility index (Phi) is 4.18. The fourth-order valence-electron chi connectivity index (χ4n) is 1.49. The molecular formula is C9H14BrN7. The topological polar surface area (TPSA) is 74.3 Å². The van der Waals surface area contributed by atoms with Gasteiger partial charge in [0.15, 0.2) is 5.82 Å². The van der Waals surface area contributed by atoms with Gasteiger partial charge < -0.3 is 0 Å². The quantitative estimate of drug-likeness (QED) is 0.733. The number of hydrogen-bond acceptors (Lipinski definition) is 5. The van der Waals surface area contributed by atoms with Crippen LogP contribution in [-0.2, 0) is 19.5 Å². The summed E-state index contributed by atoms with van der Waals surface area (Å²) in [5.41, 5.74) is 0.969. The van der Waals surface area contributed by atoms with Crippen molar-refractivity contribution in [3.8, 4) is 0 Å². The van der Waals surface area contributed by atoms with Crippen LogP contribution >= 0.6 is 15.9 Å². The summed E-state index contributed by atoms with van der Waals surface area (Å²) in [5.74, 6) is 0.808. The van der Waals surface area contributed by atoms with Crippen LogP contribution in [0.25, 0.3) is 0 Å². The third-order valence-electron chi connectivity index (χ3n) is 2.28. The number of hydrogen-bond donors (Lipinski definition) is 0. The monoisotopic (exact) mass is 299 g/mol. The van der Waals surface area contributed by atoms with Crippen LogP contribution in [0, 0.1) is 0 Å². The molecule has 17 heavy (non-hydrogen) atoms. The van der Waals surface area contributed by atoms with E-state index in [0.29, 0.717) is 6.54 Å². The third kappa shape index (κ3) is 3.09. The van der Waals surface area contributed by atoms with Crippen LogP contribution in [0.4, 0.5) is 0 Å². The van der Waals surface area contributed by atoms with Crippen molar-refractivity contribution in [3.05, 3.63) is 17.7 Å². The predicted molar refractivity (Wildman–Crippen MR) is 64.7 cm³/mol. The minimum atomic E-state index is 0.558. The molecule has 0 bridgehead atoms. The first-order valence-corrected chi connectivity index (χ1v) is 6.65. The molecule has 2 rings (SSSR count). The third-order valence-corrected chi connectivity index (χ3v) is 2.68. The average Bonchev–Trinajstić information content (AvgIpc) is 2.91. The molecule has 0 aromatic carbocycles. The van der Waals surface area contributed by atoms with Crippen LogP contribution in [0.1, 0.15) is 24.9 Å². The molecule has 2 aromatic heterocycles. The summed E-state index contributed by atoms with van der Waals surface area (Å²) in [4.78, 5) is 0. The lowest BCUT2D eigenvalue weighted by Crippen LogP contribution is -2.10. The molecule has 0 aliphatic heterocycles. The van der Waals surface area contributed by atoms with E-state index in [9.17, 15) is 0 Å². The van der Waals surface area contributed by atoms with E-state index in [0.717, 1.165) is 36.2 Å². The summed E-state index contributed by atoms with van der Waals surface area (Å²) in [6.45, 7) is 3.47. The molecule has 0 radical (unpaired) electrons. The second kappa shape index (κ2) is 5.85. The van der Waals surface area contributed by atoms with Gasteiger partial charge in [-0.05, 0) is 16.8 Å². The Labute approximate surface area is 107 Å². The van der Waals surface area contributed by atoms with Crippen molar-refractivity contribution >= 4 is 15.9 Å². The van der Waals surface area contributed by atoms with Crippen LogP contribution in [0.2, 0.25) is 0 Å². The van der Waals surface area contributed by atoms with Gasteiger partial charge in [0.1, 0.15) is 6.54 Å². The molecule has 0 atom stereocenters. The van der Waals surface area contributed by atoms with Crippen molar-refractivity contribution in [1.82, 2.24) is 35.2 Å². The minimum absolute atomic E-state index is 0.558. The molecule has 0 spiro atoms. The number of aryl methyl sites for hydroxylation is 2. The van der Waals surface area contributed by atoms with E-state index in [2.05, 4.69) is 48.7 Å². The Bertz CT molecular complexity index is 463. The largest absolute Gasteiger partial charge is 0.245 e. The lowest BCUT2D eigenvalue weighted by Gasteiger charge is -2.01. The smallest absolute Gasteiger partial charge is 0.172 e. The highest BCUT2D eigenvalue weighted by atomic mass is 79.9. The second-order valence-electron chi connectivity index (χ2n) is 3.66. The van der Waals surface area contributed by atoms with Crippen molar-refractivity contribution in [2.75, 3.05) is 5.33 Å². The molecule has 2 aromatic rings. The summed E-state index contributed by atoms with van der Waals surface area (Å²) in [7, 11) is 0. The Morgan fingerprint density at radius 3 is 2.94 bits per heavy atom. The maximum atomic E-state index is 4.07. The first-order valence-electron chi connectivity index (χ1n) is 5.53. The maximum Gasteiger partial charge on any atom is 0.172 e. The van der Waals surface area contributed by atoms with E-state index in [1.54, 1.807) is 9.36 Å². The fraction of sp³-hybridized carbons (Fsp3) is 0.667. The molecule has 0 aliphatic rings. The molecule has 7 nitrogen and oxygen atoms in total. The van der Waals surface area contributed by atoms with Crippen molar-refractivity contribution in [2.45, 2.75) is 32.9 Å². The fourth-order valence-corrected chi connectivity index (χ4v) is 1.90. The van der Waals surface area contributed by atoms with Crippen LogP contribution < -0.4 is 0 Å². The number of rotatable bonds is 6. The zero-order valence-electron chi connectivity index (χ0n) is 9.62. The molecule has 0 unspecified atom stereocenters. The van der Waals surface area contributed by atoms with E-state index in [1.807, 2.05) is 6.20 Å².